The van der Waals surface area contributed by atoms with Gasteiger partial charge in [-0.15, -0.1) is 0 Å². The lowest BCUT2D eigenvalue weighted by molar-refractivity contribution is -0.466. The fourth-order valence-corrected chi connectivity index (χ4v) is 0.400. The molecule has 0 rings (SSSR count). The third-order valence-electron chi connectivity index (χ3n) is 0.800. The van der Waals surface area contributed by atoms with Gasteiger partial charge < -0.3 is 0 Å². The number of rotatable bonds is 0. The number of thiol groups is 1. The summed E-state index contributed by atoms with van der Waals surface area (Å²) in [5, 5.41) is 0.963. The number of hydrogen-bond donors (Lipinski definition) is 1. The van der Waals surface area contributed by atoms with E-state index in [4.69, 9.17) is 0 Å². The van der Waals surface area contributed by atoms with Gasteiger partial charge in [0.2, 0.25) is 0 Å². The highest BCUT2D eigenvalue weighted by molar-refractivity contribution is 7.96. The summed E-state index contributed by atoms with van der Waals surface area (Å²) in [4.78, 5) is 1.95. The maximum absolute atomic E-state index is 9.67. The summed E-state index contributed by atoms with van der Waals surface area (Å²) in [6.45, 7) is -3.67. The number of amidine groups is 1. The number of alkyl halides is 3. The average molecular weight is 203 g/mol. The molecule has 0 aromatic carbocycles. The highest BCUT2D eigenvalue weighted by atomic mass is 32.1. The molecule has 2 nitrogen and oxygen atoms in total. The smallest absolute Gasteiger partial charge is 0.262 e. The summed E-state index contributed by atoms with van der Waals surface area (Å²) in [5.41, 5.74) is 0. The third kappa shape index (κ3) is 12.3. The summed E-state index contributed by atoms with van der Waals surface area (Å²) < 4.78 is 30.9. The van der Waals surface area contributed by atoms with E-state index in [2.05, 4.69) is 12.6 Å². The Labute approximate surface area is 76.1 Å². The Morgan fingerprint density at radius 2 is 1.50 bits per heavy atom. The van der Waals surface area contributed by atoms with Crippen LogP contribution in [0.25, 0.3) is 0 Å². The Kier molecular flexibility index (Phi) is 8.57. The first-order valence-corrected chi connectivity index (χ1v) is 3.56. The largest absolute Gasteiger partial charge is 0.379 e. The van der Waals surface area contributed by atoms with Crippen molar-refractivity contribution in [2.24, 2.45) is 0 Å². The highest BCUT2D eigenvalue weighted by Crippen LogP contribution is 1.87. The molecule has 0 N–H and O–H groups in total. The average Bonchev–Trinajstić information content (AvgIpc) is 1.84. The van der Waals surface area contributed by atoms with E-state index in [0.29, 0.717) is 0 Å². The zero-order chi connectivity index (χ0) is 10.3. The molecule has 0 aromatic heterocycles. The van der Waals surface area contributed by atoms with Gasteiger partial charge in [-0.05, 0) is 0 Å². The van der Waals surface area contributed by atoms with Crippen LogP contribution in [0.4, 0.5) is 13.2 Å². The normalized spacial score (nSPS) is 8.75. The van der Waals surface area contributed by atoms with E-state index < -0.39 is 6.68 Å². The van der Waals surface area contributed by atoms with Crippen LogP contribution in [0.5, 0.6) is 0 Å². The van der Waals surface area contributed by atoms with E-state index in [1.54, 1.807) is 0 Å². The Morgan fingerprint density at radius 1 is 1.25 bits per heavy atom. The summed E-state index contributed by atoms with van der Waals surface area (Å²) in [6.07, 6.45) is 0. The van der Waals surface area contributed by atoms with Gasteiger partial charge in [0, 0.05) is 0 Å². The SMILES string of the molecule is CN(C)C(S)=[N+](C)C.FC(F)F. The number of hydrogen-bond acceptors (Lipinski definition) is 0. The van der Waals surface area contributed by atoms with Crippen LogP contribution in [0, 0.1) is 0 Å². The van der Waals surface area contributed by atoms with Gasteiger partial charge in [0.15, 0.2) is 0 Å². The molecule has 0 saturated carbocycles. The van der Waals surface area contributed by atoms with E-state index in [1.165, 1.54) is 0 Å². The van der Waals surface area contributed by atoms with Crippen LogP contribution in [-0.4, -0.2) is 49.5 Å². The van der Waals surface area contributed by atoms with Gasteiger partial charge in [0.05, 0.1) is 28.2 Å². The maximum atomic E-state index is 9.67. The lowest BCUT2D eigenvalue weighted by atomic mass is 10.9. The van der Waals surface area contributed by atoms with Gasteiger partial charge in [-0.25, -0.2) is 0 Å². The second-order valence-electron chi connectivity index (χ2n) is 2.34. The lowest BCUT2D eigenvalue weighted by Gasteiger charge is -2.03. The van der Waals surface area contributed by atoms with Crippen molar-refractivity contribution in [1.82, 2.24) is 4.90 Å². The summed E-state index contributed by atoms with van der Waals surface area (Å²) >= 11 is 4.19. The molecule has 0 aliphatic heterocycles. The minimum absolute atomic E-state index is 0.963. The molecule has 0 amide bonds. The monoisotopic (exact) mass is 203 g/mol. The number of halogens is 3. The van der Waals surface area contributed by atoms with Crippen molar-refractivity contribution in [3.8, 4) is 0 Å². The molecule has 0 aromatic rings. The van der Waals surface area contributed by atoms with Crippen LogP contribution >= 0.6 is 12.6 Å². The van der Waals surface area contributed by atoms with Crippen molar-refractivity contribution < 1.29 is 17.7 Å². The minimum atomic E-state index is -3.67. The van der Waals surface area contributed by atoms with Crippen molar-refractivity contribution in [2.45, 2.75) is 6.68 Å². The van der Waals surface area contributed by atoms with Crippen molar-refractivity contribution in [3.63, 3.8) is 0 Å². The number of nitrogens with zero attached hydrogens (tertiary/aromatic N) is 2. The predicted octanol–water partition coefficient (Wildman–Crippen LogP) is 1.28. The first-order valence-electron chi connectivity index (χ1n) is 3.11. The molecule has 0 unspecified atom stereocenters. The zero-order valence-electron chi connectivity index (χ0n) is 7.55. The molecular formula is C6H14F3N2S+. The van der Waals surface area contributed by atoms with E-state index >= 15 is 0 Å². The van der Waals surface area contributed by atoms with Crippen LogP contribution < -0.4 is 0 Å². The van der Waals surface area contributed by atoms with Crippen LogP contribution in [-0.2, 0) is 0 Å². The van der Waals surface area contributed by atoms with Crippen LogP contribution in [0.1, 0.15) is 0 Å². The molecule has 74 valence electrons. The van der Waals surface area contributed by atoms with E-state index in [9.17, 15) is 13.2 Å². The standard InChI is InChI=1S/C5H12N2S.CHF3/c1-6(2)5(8)7(3)4;2-1(3)4/h1-4H3;1H/p+1. The molecule has 0 fully saturated rings. The van der Waals surface area contributed by atoms with Gasteiger partial charge in [0.1, 0.15) is 0 Å². The van der Waals surface area contributed by atoms with Gasteiger partial charge in [-0.3, -0.25) is 9.48 Å². The molecule has 0 aliphatic carbocycles. The predicted molar refractivity (Wildman–Crippen MR) is 46.9 cm³/mol. The van der Waals surface area contributed by atoms with Gasteiger partial charge in [-0.1, -0.05) is 12.6 Å². The van der Waals surface area contributed by atoms with Crippen LogP contribution in [0.3, 0.4) is 0 Å². The van der Waals surface area contributed by atoms with Gasteiger partial charge in [0.25, 0.3) is 0 Å². The molecule has 0 spiro atoms. The molecule has 6 heteroatoms. The van der Waals surface area contributed by atoms with E-state index in [-0.39, 0.29) is 0 Å². The molecular weight excluding hydrogens is 189 g/mol. The summed E-state index contributed by atoms with van der Waals surface area (Å²) in [6, 6.07) is 0. The molecule has 0 bridgehead atoms. The van der Waals surface area contributed by atoms with E-state index in [1.807, 2.05) is 37.7 Å². The second-order valence-corrected chi connectivity index (χ2v) is 2.74. The summed E-state index contributed by atoms with van der Waals surface area (Å²) in [7, 11) is 7.84. The maximum Gasteiger partial charge on any atom is 0.379 e. The Bertz CT molecular complexity index is 141. The van der Waals surface area contributed by atoms with Crippen molar-refractivity contribution in [2.75, 3.05) is 28.2 Å². The summed E-state index contributed by atoms with van der Waals surface area (Å²) in [5.74, 6) is 0. The molecule has 0 heterocycles. The molecule has 0 radical (unpaired) electrons. The van der Waals surface area contributed by atoms with Crippen molar-refractivity contribution in [1.29, 1.82) is 0 Å². The fourth-order valence-electron chi connectivity index (χ4n) is 0.400. The van der Waals surface area contributed by atoms with Crippen LogP contribution in [0.15, 0.2) is 0 Å². The van der Waals surface area contributed by atoms with Crippen LogP contribution in [0.2, 0.25) is 0 Å². The van der Waals surface area contributed by atoms with Gasteiger partial charge >= 0.3 is 11.8 Å². The first kappa shape index (κ1) is 14.2. The third-order valence-corrected chi connectivity index (χ3v) is 1.60. The highest BCUT2D eigenvalue weighted by Gasteiger charge is 2.01. The zero-order valence-corrected chi connectivity index (χ0v) is 8.45. The molecule has 12 heavy (non-hydrogen) atoms. The molecule has 0 aliphatic rings. The van der Waals surface area contributed by atoms with Crippen molar-refractivity contribution >= 4 is 17.8 Å². The Balaban J connectivity index is 0. The topological polar surface area (TPSA) is 6.25 Å². The molecule has 0 atom stereocenters. The fraction of sp³-hybridized carbons (Fsp3) is 0.833. The lowest BCUT2D eigenvalue weighted by Crippen LogP contribution is -2.24. The molecule has 0 saturated heterocycles. The Hall–Kier alpha value is -0.390. The first-order chi connectivity index (χ1) is 5.29. The minimum Gasteiger partial charge on any atom is -0.262 e. The van der Waals surface area contributed by atoms with Gasteiger partial charge in [-0.2, -0.15) is 13.2 Å². The second kappa shape index (κ2) is 7.27. The van der Waals surface area contributed by atoms with Crippen molar-refractivity contribution in [3.05, 3.63) is 0 Å². The Morgan fingerprint density at radius 3 is 1.50 bits per heavy atom. The quantitative estimate of drug-likeness (QED) is 0.269. The van der Waals surface area contributed by atoms with E-state index in [0.717, 1.165) is 5.17 Å².